The molecule has 4 aromatic carbocycles. The second-order valence-electron chi connectivity index (χ2n) is 9.90. The van der Waals surface area contributed by atoms with Gasteiger partial charge in [0, 0.05) is 0 Å². The van der Waals surface area contributed by atoms with E-state index in [1.807, 2.05) is 37.3 Å². The molecule has 2 aliphatic heterocycles. The Bertz CT molecular complexity index is 1660. The third-order valence-electron chi connectivity index (χ3n) is 7.34. The topological polar surface area (TPSA) is 94.6 Å². The van der Waals surface area contributed by atoms with Gasteiger partial charge in [-0.05, 0) is 85.3 Å². The second kappa shape index (κ2) is 11.6. The number of para-hydroxylation sites is 1. The van der Waals surface area contributed by atoms with Gasteiger partial charge >= 0.3 is 5.97 Å². The molecule has 2 heterocycles. The van der Waals surface area contributed by atoms with Gasteiger partial charge in [-0.2, -0.15) is 0 Å². The largest absolute Gasteiger partial charge is 0.494 e. The SMILES string of the molecule is CCOc1ccc(N2C(=O)[C@@H]3[C@H](ON(c4ccccc4)[C@@H]3c3ccc(OC(=O)c4ccc(F)cc4)c(OC)c3)C2=O)cc1. The van der Waals surface area contributed by atoms with Crippen LogP contribution in [0.3, 0.4) is 0 Å². The van der Waals surface area contributed by atoms with E-state index < -0.39 is 41.7 Å². The minimum Gasteiger partial charge on any atom is -0.494 e. The van der Waals surface area contributed by atoms with E-state index in [0.717, 1.165) is 4.90 Å². The molecule has 0 radical (unpaired) electrons. The lowest BCUT2D eigenvalue weighted by Gasteiger charge is -2.29. The molecule has 9 nitrogen and oxygen atoms in total. The molecule has 43 heavy (non-hydrogen) atoms. The van der Waals surface area contributed by atoms with Gasteiger partial charge in [-0.15, -0.1) is 0 Å². The lowest BCUT2D eigenvalue weighted by molar-refractivity contribution is -0.126. The monoisotopic (exact) mass is 582 g/mol. The fourth-order valence-corrected chi connectivity index (χ4v) is 5.36. The first-order valence-electron chi connectivity index (χ1n) is 13.7. The third kappa shape index (κ3) is 5.17. The molecule has 4 aromatic rings. The Labute approximate surface area is 246 Å². The zero-order chi connectivity index (χ0) is 30.1. The number of rotatable bonds is 8. The molecule has 0 bridgehead atoms. The van der Waals surface area contributed by atoms with Crippen molar-refractivity contribution in [2.24, 2.45) is 5.92 Å². The number of benzene rings is 4. The minimum absolute atomic E-state index is 0.132. The normalized spacial score (nSPS) is 19.4. The highest BCUT2D eigenvalue weighted by Gasteiger charge is 2.60. The molecular formula is C33H27FN2O7. The van der Waals surface area contributed by atoms with E-state index in [9.17, 15) is 18.8 Å². The zero-order valence-electron chi connectivity index (χ0n) is 23.3. The Morgan fingerprint density at radius 1 is 0.860 bits per heavy atom. The Balaban J connectivity index is 1.34. The molecular weight excluding hydrogens is 555 g/mol. The Hall–Kier alpha value is -5.22. The number of esters is 1. The predicted molar refractivity (Wildman–Crippen MR) is 154 cm³/mol. The summed E-state index contributed by atoms with van der Waals surface area (Å²) in [5, 5.41) is 1.57. The maximum atomic E-state index is 14.0. The van der Waals surface area contributed by atoms with Gasteiger partial charge in [0.15, 0.2) is 17.6 Å². The van der Waals surface area contributed by atoms with E-state index in [4.69, 9.17) is 19.0 Å². The highest BCUT2D eigenvalue weighted by atomic mass is 19.1. The van der Waals surface area contributed by atoms with Gasteiger partial charge in [0.05, 0.1) is 36.7 Å². The van der Waals surface area contributed by atoms with E-state index >= 15 is 0 Å². The number of imide groups is 1. The Morgan fingerprint density at radius 2 is 1.58 bits per heavy atom. The van der Waals surface area contributed by atoms with Crippen LogP contribution in [0.1, 0.15) is 28.9 Å². The van der Waals surface area contributed by atoms with Gasteiger partial charge in [-0.25, -0.2) is 19.1 Å². The lowest BCUT2D eigenvalue weighted by Crippen LogP contribution is -2.37. The average Bonchev–Trinajstić information content (AvgIpc) is 3.54. The first kappa shape index (κ1) is 27.9. The van der Waals surface area contributed by atoms with E-state index in [1.54, 1.807) is 47.5 Å². The molecule has 2 aliphatic rings. The van der Waals surface area contributed by atoms with Crippen LogP contribution < -0.4 is 24.2 Å². The summed E-state index contributed by atoms with van der Waals surface area (Å²) in [6.07, 6.45) is -1.06. The van der Waals surface area contributed by atoms with Crippen molar-refractivity contribution in [1.82, 2.24) is 0 Å². The number of hydrogen-bond acceptors (Lipinski definition) is 8. The summed E-state index contributed by atoms with van der Waals surface area (Å²) >= 11 is 0. The molecule has 0 unspecified atom stereocenters. The van der Waals surface area contributed by atoms with Crippen LogP contribution in [0.25, 0.3) is 0 Å². The smallest absolute Gasteiger partial charge is 0.343 e. The first-order valence-corrected chi connectivity index (χ1v) is 13.7. The summed E-state index contributed by atoms with van der Waals surface area (Å²) in [4.78, 5) is 47.7. The van der Waals surface area contributed by atoms with Crippen molar-refractivity contribution >= 4 is 29.2 Å². The fraction of sp³-hybridized carbons (Fsp3) is 0.182. The molecule has 3 atom stereocenters. The maximum absolute atomic E-state index is 14.0. The predicted octanol–water partition coefficient (Wildman–Crippen LogP) is 5.50. The Morgan fingerprint density at radius 3 is 2.26 bits per heavy atom. The molecule has 0 saturated carbocycles. The molecule has 10 heteroatoms. The van der Waals surface area contributed by atoms with Crippen molar-refractivity contribution in [1.29, 1.82) is 0 Å². The summed E-state index contributed by atoms with van der Waals surface area (Å²) in [5.41, 5.74) is 1.84. The third-order valence-corrected chi connectivity index (χ3v) is 7.34. The second-order valence-corrected chi connectivity index (χ2v) is 9.90. The molecule has 2 saturated heterocycles. The van der Waals surface area contributed by atoms with Crippen molar-refractivity contribution in [3.63, 3.8) is 0 Å². The van der Waals surface area contributed by atoms with Crippen LogP contribution in [-0.2, 0) is 14.4 Å². The average molecular weight is 583 g/mol. The van der Waals surface area contributed by atoms with Crippen molar-refractivity contribution in [2.75, 3.05) is 23.7 Å². The molecule has 0 aromatic heterocycles. The summed E-state index contributed by atoms with van der Waals surface area (Å²) in [5.74, 6) is -1.94. The van der Waals surface area contributed by atoms with Gasteiger partial charge in [-0.1, -0.05) is 24.3 Å². The number of halogens is 1. The Kier molecular flexibility index (Phi) is 7.52. The van der Waals surface area contributed by atoms with Crippen LogP contribution in [0.5, 0.6) is 17.2 Å². The number of hydroxylamine groups is 1. The van der Waals surface area contributed by atoms with E-state index in [-0.39, 0.29) is 17.1 Å². The number of amides is 2. The number of carbonyl (C=O) groups excluding carboxylic acids is 3. The van der Waals surface area contributed by atoms with Crippen LogP contribution in [0, 0.1) is 11.7 Å². The molecule has 6 rings (SSSR count). The van der Waals surface area contributed by atoms with E-state index in [0.29, 0.717) is 29.3 Å². The van der Waals surface area contributed by atoms with Crippen LogP contribution in [0.2, 0.25) is 0 Å². The number of anilines is 2. The molecule has 0 spiro atoms. The quantitative estimate of drug-likeness (QED) is 0.153. The van der Waals surface area contributed by atoms with Crippen LogP contribution >= 0.6 is 0 Å². The zero-order valence-corrected chi connectivity index (χ0v) is 23.3. The van der Waals surface area contributed by atoms with Gasteiger partial charge < -0.3 is 14.2 Å². The van der Waals surface area contributed by atoms with Gasteiger partial charge in [0.25, 0.3) is 5.91 Å². The number of methoxy groups -OCH3 is 1. The van der Waals surface area contributed by atoms with E-state index in [1.165, 1.54) is 31.4 Å². The number of carbonyl (C=O) groups is 3. The minimum atomic E-state index is -1.06. The fourth-order valence-electron chi connectivity index (χ4n) is 5.36. The van der Waals surface area contributed by atoms with Crippen molar-refractivity contribution in [3.05, 3.63) is 114 Å². The van der Waals surface area contributed by atoms with Gasteiger partial charge in [0.1, 0.15) is 17.5 Å². The molecule has 0 aliphatic carbocycles. The van der Waals surface area contributed by atoms with Crippen molar-refractivity contribution in [3.8, 4) is 17.2 Å². The van der Waals surface area contributed by atoms with Gasteiger partial charge in [-0.3, -0.25) is 14.4 Å². The summed E-state index contributed by atoms with van der Waals surface area (Å²) in [7, 11) is 1.43. The molecule has 218 valence electrons. The number of hydrogen-bond donors (Lipinski definition) is 0. The maximum Gasteiger partial charge on any atom is 0.343 e. The van der Waals surface area contributed by atoms with Crippen LogP contribution in [0.15, 0.2) is 97.1 Å². The molecule has 2 amide bonds. The lowest BCUT2D eigenvalue weighted by atomic mass is 9.90. The van der Waals surface area contributed by atoms with Gasteiger partial charge in [0.2, 0.25) is 5.91 Å². The van der Waals surface area contributed by atoms with Crippen molar-refractivity contribution in [2.45, 2.75) is 19.1 Å². The summed E-state index contributed by atoms with van der Waals surface area (Å²) in [6.45, 7) is 2.36. The molecule has 2 fully saturated rings. The number of fused-ring (bicyclic) bond motifs is 1. The van der Waals surface area contributed by atoms with Crippen LogP contribution in [-0.4, -0.2) is 37.6 Å². The first-order chi connectivity index (χ1) is 20.9. The standard InChI is InChI=1S/C33H27FN2O7/c1-3-41-25-16-14-23(15-17-25)35-31(37)28-29(36(43-30(28)32(35)38)24-7-5-4-6-8-24)21-11-18-26(27(19-21)40-2)42-33(39)20-9-12-22(34)13-10-20/h4-19,28-30H,3H2,1-2H3/t28-,29+,30-/m0/s1. The number of ether oxygens (including phenoxy) is 3. The highest BCUT2D eigenvalue weighted by molar-refractivity contribution is 6.24. The number of nitrogens with zero attached hydrogens (tertiary/aromatic N) is 2. The summed E-state index contributed by atoms with van der Waals surface area (Å²) < 4.78 is 29.9. The van der Waals surface area contributed by atoms with E-state index in [2.05, 4.69) is 0 Å². The van der Waals surface area contributed by atoms with Crippen molar-refractivity contribution < 1.29 is 37.8 Å². The molecule has 0 N–H and O–H groups in total. The summed E-state index contributed by atoms with van der Waals surface area (Å²) in [6, 6.07) is 25.1. The van der Waals surface area contributed by atoms with Crippen LogP contribution in [0.4, 0.5) is 15.8 Å². The highest BCUT2D eigenvalue weighted by Crippen LogP contribution is 2.48.